The van der Waals surface area contributed by atoms with Gasteiger partial charge in [0.2, 0.25) is 11.7 Å². The normalized spacial score (nSPS) is 24.5. The number of rotatable bonds is 4. The number of aryl methyl sites for hydroxylation is 1. The van der Waals surface area contributed by atoms with Gasteiger partial charge in [-0.3, -0.25) is 0 Å². The van der Waals surface area contributed by atoms with Crippen molar-refractivity contribution < 1.29 is 13.3 Å². The van der Waals surface area contributed by atoms with Crippen molar-refractivity contribution in [3.63, 3.8) is 0 Å². The van der Waals surface area contributed by atoms with Crippen molar-refractivity contribution in [1.29, 1.82) is 0 Å². The summed E-state index contributed by atoms with van der Waals surface area (Å²) in [5.41, 5.74) is 3.25. The van der Waals surface area contributed by atoms with Crippen molar-refractivity contribution in [1.82, 2.24) is 20.4 Å². The lowest BCUT2D eigenvalue weighted by molar-refractivity contribution is 0.202. The average molecular weight is 571 g/mol. The van der Waals surface area contributed by atoms with Crippen molar-refractivity contribution >= 4 is 11.5 Å². The van der Waals surface area contributed by atoms with Crippen molar-refractivity contribution in [2.45, 2.75) is 51.1 Å². The molecule has 9 heteroatoms. The first-order valence-electron chi connectivity index (χ1n) is 15.1. The third-order valence-corrected chi connectivity index (χ3v) is 9.38. The quantitative estimate of drug-likeness (QED) is 0.311. The molecular weight excluding hydrogens is 534 g/mol. The van der Waals surface area contributed by atoms with Crippen LogP contribution in [0.1, 0.15) is 38.0 Å². The van der Waals surface area contributed by atoms with Crippen LogP contribution in [0.5, 0.6) is 0 Å². The van der Waals surface area contributed by atoms with Gasteiger partial charge in [0.15, 0.2) is 0 Å². The van der Waals surface area contributed by atoms with Crippen LogP contribution in [0.15, 0.2) is 65.3 Å². The van der Waals surface area contributed by atoms with E-state index in [2.05, 4.69) is 49.5 Å². The van der Waals surface area contributed by atoms with Gasteiger partial charge in [-0.15, -0.1) is 0 Å². The Bertz CT molecular complexity index is 1540. The van der Waals surface area contributed by atoms with Crippen LogP contribution in [0.4, 0.5) is 20.3 Å². The molecule has 2 aliphatic heterocycles. The van der Waals surface area contributed by atoms with E-state index in [0.29, 0.717) is 41.2 Å². The van der Waals surface area contributed by atoms with Crippen molar-refractivity contribution in [2.24, 2.45) is 11.8 Å². The number of pyridine rings is 1. The fraction of sp³-hybridized carbons (Fsp3) is 0.424. The van der Waals surface area contributed by atoms with Crippen LogP contribution < -0.4 is 15.1 Å². The molecule has 0 bridgehead atoms. The summed E-state index contributed by atoms with van der Waals surface area (Å²) in [5, 5.41) is 8.01. The van der Waals surface area contributed by atoms with Gasteiger partial charge in [0.05, 0.1) is 0 Å². The zero-order valence-electron chi connectivity index (χ0n) is 23.8. The van der Waals surface area contributed by atoms with Crippen LogP contribution in [-0.4, -0.2) is 53.4 Å². The molecule has 3 aliphatic rings. The van der Waals surface area contributed by atoms with E-state index >= 15 is 0 Å². The number of anilines is 2. The van der Waals surface area contributed by atoms with Gasteiger partial charge in [0, 0.05) is 80.2 Å². The van der Waals surface area contributed by atoms with Crippen LogP contribution in [0.25, 0.3) is 22.5 Å². The summed E-state index contributed by atoms with van der Waals surface area (Å²) in [5.74, 6) is 1.85. The molecule has 1 N–H and O–H groups in total. The van der Waals surface area contributed by atoms with Crippen LogP contribution in [-0.2, 0) is 0 Å². The van der Waals surface area contributed by atoms with E-state index in [9.17, 15) is 8.78 Å². The molecule has 0 amide bonds. The van der Waals surface area contributed by atoms with Gasteiger partial charge in [-0.1, -0.05) is 18.0 Å². The number of fused-ring (bicyclic) bond motifs is 2. The Kier molecular flexibility index (Phi) is 7.36. The van der Waals surface area contributed by atoms with E-state index in [1.807, 2.05) is 12.1 Å². The first-order valence-corrected chi connectivity index (χ1v) is 15.1. The molecule has 7 nitrogen and oxygen atoms in total. The van der Waals surface area contributed by atoms with Crippen molar-refractivity contribution in [3.05, 3.63) is 78.3 Å². The zero-order valence-corrected chi connectivity index (χ0v) is 23.8. The Balaban J connectivity index is 1.17. The van der Waals surface area contributed by atoms with E-state index in [1.165, 1.54) is 43.5 Å². The minimum Gasteiger partial charge on any atom is -0.371 e. The highest BCUT2D eigenvalue weighted by molar-refractivity contribution is 5.67. The molecule has 4 heterocycles. The molecule has 4 atom stereocenters. The smallest absolute Gasteiger partial charge is 0.223 e. The molecule has 0 spiro atoms. The van der Waals surface area contributed by atoms with Gasteiger partial charge in [0.1, 0.15) is 17.5 Å². The second kappa shape index (κ2) is 11.4. The fourth-order valence-corrected chi connectivity index (χ4v) is 7.22. The van der Waals surface area contributed by atoms with E-state index < -0.39 is 11.6 Å². The maximum absolute atomic E-state index is 14.7. The Morgan fingerprint density at radius 2 is 1.76 bits per heavy atom. The number of piperidine rings is 1. The number of hydrogen-bond acceptors (Lipinski definition) is 7. The highest BCUT2D eigenvalue weighted by Gasteiger charge is 2.39. The molecule has 42 heavy (non-hydrogen) atoms. The average Bonchev–Trinajstić information content (AvgIpc) is 3.44. The number of aromatic nitrogens is 3. The Morgan fingerprint density at radius 1 is 0.905 bits per heavy atom. The SMILES string of the molecule is Cc1nc(-c2ccc(N3CCC4C(CNC5CCCCC5CN4c4cc(-c5ccc(F)cc5F)ccn4)C3)cc2)no1. The summed E-state index contributed by atoms with van der Waals surface area (Å²) in [4.78, 5) is 14.2. The molecular formula is C33H36F2N6O. The molecule has 2 aromatic carbocycles. The molecule has 1 aliphatic carbocycles. The minimum atomic E-state index is -0.570. The number of hydrogen-bond donors (Lipinski definition) is 1. The maximum atomic E-state index is 14.7. The molecule has 4 unspecified atom stereocenters. The number of nitrogens with one attached hydrogen (secondary N) is 1. The molecule has 218 valence electrons. The van der Waals surface area contributed by atoms with Gasteiger partial charge in [0.25, 0.3) is 0 Å². The molecule has 0 radical (unpaired) electrons. The third-order valence-electron chi connectivity index (χ3n) is 9.38. The Labute approximate surface area is 244 Å². The van der Waals surface area contributed by atoms with Gasteiger partial charge in [-0.2, -0.15) is 4.98 Å². The largest absolute Gasteiger partial charge is 0.371 e. The van der Waals surface area contributed by atoms with E-state index in [-0.39, 0.29) is 0 Å². The molecule has 7 rings (SSSR count). The van der Waals surface area contributed by atoms with Gasteiger partial charge < -0.3 is 19.6 Å². The van der Waals surface area contributed by atoms with Crippen LogP contribution >= 0.6 is 0 Å². The van der Waals surface area contributed by atoms with Crippen LogP contribution in [0.2, 0.25) is 0 Å². The van der Waals surface area contributed by atoms with Crippen LogP contribution in [0.3, 0.4) is 0 Å². The van der Waals surface area contributed by atoms with Gasteiger partial charge in [-0.05, 0) is 79.3 Å². The number of nitrogens with zero attached hydrogens (tertiary/aromatic N) is 5. The van der Waals surface area contributed by atoms with Gasteiger partial charge in [-0.25, -0.2) is 13.8 Å². The van der Waals surface area contributed by atoms with Crippen molar-refractivity contribution in [3.8, 4) is 22.5 Å². The number of benzene rings is 2. The monoisotopic (exact) mass is 570 g/mol. The lowest BCUT2D eigenvalue weighted by atomic mass is 9.80. The Hall–Kier alpha value is -3.85. The summed E-state index contributed by atoms with van der Waals surface area (Å²) in [6.07, 6.45) is 7.68. The second-order valence-corrected chi connectivity index (χ2v) is 12.0. The molecule has 3 fully saturated rings. The summed E-state index contributed by atoms with van der Waals surface area (Å²) in [6, 6.07) is 16.8. The fourth-order valence-electron chi connectivity index (χ4n) is 7.22. The highest BCUT2D eigenvalue weighted by Crippen LogP contribution is 2.36. The van der Waals surface area contributed by atoms with Crippen LogP contribution in [0, 0.1) is 30.4 Å². The predicted molar refractivity (Wildman–Crippen MR) is 159 cm³/mol. The topological polar surface area (TPSA) is 70.3 Å². The third kappa shape index (κ3) is 5.38. The first-order chi connectivity index (χ1) is 20.5. The predicted octanol–water partition coefficient (Wildman–Crippen LogP) is 6.25. The van der Waals surface area contributed by atoms with Gasteiger partial charge >= 0.3 is 0 Å². The lowest BCUT2D eigenvalue weighted by Gasteiger charge is -2.50. The summed E-state index contributed by atoms with van der Waals surface area (Å²) < 4.78 is 33.5. The highest BCUT2D eigenvalue weighted by atomic mass is 19.1. The summed E-state index contributed by atoms with van der Waals surface area (Å²) in [7, 11) is 0. The van der Waals surface area contributed by atoms with E-state index in [1.54, 1.807) is 13.1 Å². The standard InChI is InChI=1S/C33H36F2N6O/c1-21-38-33(39-42-21)22-6-9-27(10-7-22)40-15-13-31-25(19-40)18-37-30-5-3-2-4-24(30)20-41(31)32-16-23(12-14-36-32)28-11-8-26(34)17-29(28)35/h6-12,14,16-17,24-25,30-31,37H,2-5,13,15,18-20H2,1H3. The molecule has 4 aromatic rings. The molecule has 2 saturated heterocycles. The zero-order chi connectivity index (χ0) is 28.6. The summed E-state index contributed by atoms with van der Waals surface area (Å²) >= 11 is 0. The first kappa shape index (κ1) is 27.0. The Morgan fingerprint density at radius 3 is 2.57 bits per heavy atom. The van der Waals surface area contributed by atoms with E-state index in [4.69, 9.17) is 9.51 Å². The van der Waals surface area contributed by atoms with Crippen molar-refractivity contribution in [2.75, 3.05) is 36.0 Å². The van der Waals surface area contributed by atoms with E-state index in [0.717, 1.165) is 55.6 Å². The lowest BCUT2D eigenvalue weighted by Crippen LogP contribution is -2.60. The second-order valence-electron chi connectivity index (χ2n) is 12.0. The minimum absolute atomic E-state index is 0.305. The molecule has 1 saturated carbocycles. The number of halogens is 2. The summed E-state index contributed by atoms with van der Waals surface area (Å²) in [6.45, 7) is 5.53. The maximum Gasteiger partial charge on any atom is 0.223 e. The molecule has 2 aromatic heterocycles.